The van der Waals surface area contributed by atoms with Crippen LogP contribution in [0.15, 0.2) is 18.2 Å². The number of benzene rings is 1. The second-order valence-corrected chi connectivity index (χ2v) is 3.45. The van der Waals surface area contributed by atoms with E-state index in [1.807, 2.05) is 13.8 Å². The van der Waals surface area contributed by atoms with Gasteiger partial charge in [0, 0.05) is 6.04 Å². The van der Waals surface area contributed by atoms with E-state index in [0.29, 0.717) is 0 Å². The Kier molecular flexibility index (Phi) is 3.51. The summed E-state index contributed by atoms with van der Waals surface area (Å²) in [4.78, 5) is 11.5. The van der Waals surface area contributed by atoms with Gasteiger partial charge in [-0.2, -0.15) is 0 Å². The van der Waals surface area contributed by atoms with Gasteiger partial charge in [0.1, 0.15) is 11.5 Å². The molecule has 4 N–H and O–H groups in total. The van der Waals surface area contributed by atoms with Crippen LogP contribution in [0.4, 0.5) is 0 Å². The van der Waals surface area contributed by atoms with E-state index < -0.39 is 5.91 Å². The molecule has 0 saturated heterocycles. The Labute approximate surface area is 87.7 Å². The standard InChI is InChI=1S/C10H14N2O3/c1-6(2)11-12-10(15)8-5-7(13)3-4-9(8)14/h3-6,11,13-14H,1-2H3,(H,12,15). The third-order valence-electron chi connectivity index (χ3n) is 1.70. The Morgan fingerprint density at radius 3 is 2.60 bits per heavy atom. The normalized spacial score (nSPS) is 10.3. The molecule has 1 aromatic carbocycles. The molecule has 1 aromatic rings. The number of nitrogens with one attached hydrogen (secondary N) is 2. The van der Waals surface area contributed by atoms with Crippen LogP contribution in [0.2, 0.25) is 0 Å². The van der Waals surface area contributed by atoms with Crippen LogP contribution < -0.4 is 10.9 Å². The number of phenols is 2. The summed E-state index contributed by atoms with van der Waals surface area (Å²) in [6.45, 7) is 3.73. The van der Waals surface area contributed by atoms with Crippen LogP contribution in [0.25, 0.3) is 0 Å². The van der Waals surface area contributed by atoms with Crippen molar-refractivity contribution in [2.75, 3.05) is 0 Å². The Balaban J connectivity index is 2.77. The van der Waals surface area contributed by atoms with Crippen molar-refractivity contribution >= 4 is 5.91 Å². The van der Waals surface area contributed by atoms with Gasteiger partial charge in [0.05, 0.1) is 5.56 Å². The zero-order valence-electron chi connectivity index (χ0n) is 8.61. The first-order chi connectivity index (χ1) is 7.00. The molecule has 1 amide bonds. The van der Waals surface area contributed by atoms with Crippen molar-refractivity contribution in [2.24, 2.45) is 0 Å². The molecule has 0 spiro atoms. The third kappa shape index (κ3) is 3.14. The van der Waals surface area contributed by atoms with E-state index in [1.165, 1.54) is 18.2 Å². The zero-order chi connectivity index (χ0) is 11.4. The molecule has 5 nitrogen and oxygen atoms in total. The summed E-state index contributed by atoms with van der Waals surface area (Å²) >= 11 is 0. The van der Waals surface area contributed by atoms with Gasteiger partial charge < -0.3 is 10.2 Å². The van der Waals surface area contributed by atoms with E-state index in [4.69, 9.17) is 5.11 Å². The highest BCUT2D eigenvalue weighted by Gasteiger charge is 2.11. The average Bonchev–Trinajstić information content (AvgIpc) is 2.18. The van der Waals surface area contributed by atoms with Crippen LogP contribution in [-0.4, -0.2) is 22.2 Å². The van der Waals surface area contributed by atoms with E-state index in [0.717, 1.165) is 0 Å². The third-order valence-corrected chi connectivity index (χ3v) is 1.70. The Morgan fingerprint density at radius 2 is 2.00 bits per heavy atom. The molecule has 0 unspecified atom stereocenters. The highest BCUT2D eigenvalue weighted by Crippen LogP contribution is 2.21. The van der Waals surface area contributed by atoms with Crippen LogP contribution in [0.5, 0.6) is 11.5 Å². The van der Waals surface area contributed by atoms with Crippen molar-refractivity contribution in [1.29, 1.82) is 0 Å². The van der Waals surface area contributed by atoms with Crippen LogP contribution in [-0.2, 0) is 0 Å². The largest absolute Gasteiger partial charge is 0.508 e. The molecule has 0 bridgehead atoms. The second kappa shape index (κ2) is 4.65. The number of phenolic OH excluding ortho intramolecular Hbond substituents is 2. The Hall–Kier alpha value is -1.75. The molecule has 0 aliphatic heterocycles. The molecular formula is C10H14N2O3. The molecule has 0 aliphatic rings. The average molecular weight is 210 g/mol. The Morgan fingerprint density at radius 1 is 1.33 bits per heavy atom. The van der Waals surface area contributed by atoms with E-state index in [2.05, 4.69) is 10.9 Å². The van der Waals surface area contributed by atoms with Gasteiger partial charge in [-0.15, -0.1) is 0 Å². The van der Waals surface area contributed by atoms with E-state index in [1.54, 1.807) is 0 Å². The molecule has 0 aromatic heterocycles. The molecule has 0 aliphatic carbocycles. The van der Waals surface area contributed by atoms with Crippen LogP contribution >= 0.6 is 0 Å². The summed E-state index contributed by atoms with van der Waals surface area (Å²) in [6, 6.07) is 3.86. The highest BCUT2D eigenvalue weighted by atomic mass is 16.3. The van der Waals surface area contributed by atoms with Gasteiger partial charge in [-0.05, 0) is 32.0 Å². The van der Waals surface area contributed by atoms with Crippen LogP contribution in [0, 0.1) is 0 Å². The zero-order valence-corrected chi connectivity index (χ0v) is 8.61. The summed E-state index contributed by atoms with van der Waals surface area (Å²) in [5, 5.41) is 18.5. The lowest BCUT2D eigenvalue weighted by atomic mass is 10.2. The summed E-state index contributed by atoms with van der Waals surface area (Å²) in [5.41, 5.74) is 5.14. The van der Waals surface area contributed by atoms with E-state index in [9.17, 15) is 9.90 Å². The minimum atomic E-state index is -0.489. The second-order valence-electron chi connectivity index (χ2n) is 3.45. The first-order valence-electron chi connectivity index (χ1n) is 4.58. The number of aromatic hydroxyl groups is 2. The SMILES string of the molecule is CC(C)NNC(=O)c1cc(O)ccc1O. The van der Waals surface area contributed by atoms with Gasteiger partial charge in [-0.1, -0.05) is 0 Å². The van der Waals surface area contributed by atoms with Gasteiger partial charge in [-0.3, -0.25) is 10.2 Å². The molecule has 0 fully saturated rings. The summed E-state index contributed by atoms with van der Waals surface area (Å²) in [7, 11) is 0. The van der Waals surface area contributed by atoms with Crippen molar-refractivity contribution in [2.45, 2.75) is 19.9 Å². The number of hydrogen-bond donors (Lipinski definition) is 4. The van der Waals surface area contributed by atoms with Crippen molar-refractivity contribution in [1.82, 2.24) is 10.9 Å². The predicted molar refractivity (Wildman–Crippen MR) is 55.5 cm³/mol. The Bertz CT molecular complexity index is 364. The molecule has 0 atom stereocenters. The molecule has 5 heteroatoms. The maximum atomic E-state index is 11.5. The smallest absolute Gasteiger partial charge is 0.269 e. The van der Waals surface area contributed by atoms with Crippen molar-refractivity contribution < 1.29 is 15.0 Å². The maximum Gasteiger partial charge on any atom is 0.269 e. The molecule has 0 saturated carbocycles. The van der Waals surface area contributed by atoms with Gasteiger partial charge in [0.25, 0.3) is 5.91 Å². The lowest BCUT2D eigenvalue weighted by Crippen LogP contribution is -2.41. The van der Waals surface area contributed by atoms with Crippen molar-refractivity contribution in [3.63, 3.8) is 0 Å². The van der Waals surface area contributed by atoms with Gasteiger partial charge in [-0.25, -0.2) is 5.43 Å². The molecule has 82 valence electrons. The van der Waals surface area contributed by atoms with Gasteiger partial charge >= 0.3 is 0 Å². The van der Waals surface area contributed by atoms with Crippen molar-refractivity contribution in [3.05, 3.63) is 23.8 Å². The number of hydrazine groups is 1. The minimum Gasteiger partial charge on any atom is -0.508 e. The fourth-order valence-electron chi connectivity index (χ4n) is 0.983. The summed E-state index contributed by atoms with van der Waals surface area (Å²) in [5.74, 6) is -0.726. The maximum absolute atomic E-state index is 11.5. The first-order valence-corrected chi connectivity index (χ1v) is 4.58. The summed E-state index contributed by atoms with van der Waals surface area (Å²) in [6.07, 6.45) is 0. The van der Waals surface area contributed by atoms with Gasteiger partial charge in [0.2, 0.25) is 0 Å². The summed E-state index contributed by atoms with van der Waals surface area (Å²) < 4.78 is 0. The van der Waals surface area contributed by atoms with E-state index >= 15 is 0 Å². The lowest BCUT2D eigenvalue weighted by Gasteiger charge is -2.10. The fourth-order valence-corrected chi connectivity index (χ4v) is 0.983. The molecule has 15 heavy (non-hydrogen) atoms. The van der Waals surface area contributed by atoms with Gasteiger partial charge in [0.15, 0.2) is 0 Å². The topological polar surface area (TPSA) is 81.6 Å². The minimum absolute atomic E-state index is 0.0307. The fraction of sp³-hybridized carbons (Fsp3) is 0.300. The number of carbonyl (C=O) groups is 1. The predicted octanol–water partition coefficient (Wildman–Crippen LogP) is 0.741. The lowest BCUT2D eigenvalue weighted by molar-refractivity contribution is 0.0924. The van der Waals surface area contributed by atoms with Crippen molar-refractivity contribution in [3.8, 4) is 11.5 Å². The van der Waals surface area contributed by atoms with Crippen LogP contribution in [0.3, 0.4) is 0 Å². The van der Waals surface area contributed by atoms with Crippen LogP contribution in [0.1, 0.15) is 24.2 Å². The molecule has 1 rings (SSSR count). The van der Waals surface area contributed by atoms with E-state index in [-0.39, 0.29) is 23.1 Å². The molecule has 0 heterocycles. The monoisotopic (exact) mass is 210 g/mol. The number of hydrogen-bond acceptors (Lipinski definition) is 4. The molecule has 0 radical (unpaired) electrons. The number of rotatable bonds is 3. The quantitative estimate of drug-likeness (QED) is 0.438. The number of carbonyl (C=O) groups excluding carboxylic acids is 1. The molecular weight excluding hydrogens is 196 g/mol. The first kappa shape index (κ1) is 11.3. The highest BCUT2D eigenvalue weighted by molar-refractivity contribution is 5.96. The number of amides is 1.